The van der Waals surface area contributed by atoms with Crippen molar-refractivity contribution in [2.24, 2.45) is 15.0 Å². The summed E-state index contributed by atoms with van der Waals surface area (Å²) in [4.78, 5) is 22.1. The van der Waals surface area contributed by atoms with Crippen LogP contribution < -0.4 is 0 Å². The van der Waals surface area contributed by atoms with E-state index in [-0.39, 0.29) is 0 Å². The van der Waals surface area contributed by atoms with Crippen molar-refractivity contribution in [3.8, 4) is 0 Å². The number of hydrogen-bond acceptors (Lipinski definition) is 4. The highest BCUT2D eigenvalue weighted by atomic mass is 16.4. The summed E-state index contributed by atoms with van der Waals surface area (Å²) in [7, 11) is 0. The third-order valence-corrected chi connectivity index (χ3v) is 1.62. The first-order chi connectivity index (χ1) is 5.79. The van der Waals surface area contributed by atoms with Gasteiger partial charge in [0.2, 0.25) is 0 Å². The fourth-order valence-corrected chi connectivity index (χ4v) is 1.08. The van der Waals surface area contributed by atoms with Crippen molar-refractivity contribution in [3.63, 3.8) is 0 Å². The van der Waals surface area contributed by atoms with Crippen molar-refractivity contribution >= 4 is 24.2 Å². The number of allylic oxidation sites excluding steroid dienone is 1. The van der Waals surface area contributed by atoms with E-state index < -0.39 is 12.0 Å². The molecule has 0 aliphatic carbocycles. The number of rotatable bonds is 1. The van der Waals surface area contributed by atoms with E-state index in [1.165, 1.54) is 12.6 Å². The van der Waals surface area contributed by atoms with Crippen LogP contribution in [0.3, 0.4) is 0 Å². The van der Waals surface area contributed by atoms with Crippen LogP contribution in [0.2, 0.25) is 0 Å². The Balaban J connectivity index is 2.39. The smallest absolute Gasteiger partial charge is 0.334 e. The van der Waals surface area contributed by atoms with Gasteiger partial charge in [-0.05, 0) is 6.08 Å². The van der Waals surface area contributed by atoms with Gasteiger partial charge in [0.15, 0.2) is 6.04 Å². The molecule has 2 aliphatic heterocycles. The number of hydrogen-bond donors (Lipinski definition) is 1. The monoisotopic (exact) mass is 163 g/mol. The van der Waals surface area contributed by atoms with Crippen molar-refractivity contribution in [2.45, 2.75) is 6.04 Å². The van der Waals surface area contributed by atoms with Crippen LogP contribution in [-0.2, 0) is 4.79 Å². The lowest BCUT2D eigenvalue weighted by Crippen LogP contribution is -2.30. The molecule has 2 rings (SSSR count). The van der Waals surface area contributed by atoms with E-state index in [4.69, 9.17) is 5.11 Å². The number of carbonyl (C=O) groups is 1. The van der Waals surface area contributed by atoms with E-state index in [9.17, 15) is 4.79 Å². The highest BCUT2D eigenvalue weighted by molar-refractivity contribution is 6.22. The zero-order valence-electron chi connectivity index (χ0n) is 6.01. The van der Waals surface area contributed by atoms with Gasteiger partial charge in [-0.3, -0.25) is 4.99 Å². The molecule has 0 spiro atoms. The lowest BCUT2D eigenvalue weighted by Gasteiger charge is -2.10. The molecule has 0 amide bonds. The number of carboxylic acids is 1. The van der Waals surface area contributed by atoms with Crippen LogP contribution in [0.15, 0.2) is 26.8 Å². The molecule has 60 valence electrons. The Morgan fingerprint density at radius 1 is 1.58 bits per heavy atom. The molecule has 0 unspecified atom stereocenters. The minimum absolute atomic E-state index is 0.421. The molecule has 1 atom stereocenters. The minimum Gasteiger partial charge on any atom is -0.479 e. The zero-order valence-corrected chi connectivity index (χ0v) is 6.01. The van der Waals surface area contributed by atoms with Crippen LogP contribution in [0.4, 0.5) is 0 Å². The third kappa shape index (κ3) is 0.868. The summed E-state index contributed by atoms with van der Waals surface area (Å²) in [5.74, 6) is -0.999. The first kappa shape index (κ1) is 6.90. The molecular formula is C7H5N3O2. The average Bonchev–Trinajstić information content (AvgIpc) is 2.49. The Hall–Kier alpha value is -1.78. The number of aliphatic imine (C=N–C) groups is 3. The maximum atomic E-state index is 10.6. The van der Waals surface area contributed by atoms with Crippen molar-refractivity contribution < 1.29 is 9.90 Å². The highest BCUT2D eigenvalue weighted by Crippen LogP contribution is 2.14. The van der Waals surface area contributed by atoms with Gasteiger partial charge in [0.25, 0.3) is 0 Å². The van der Waals surface area contributed by atoms with E-state index in [1.807, 2.05) is 0 Å². The van der Waals surface area contributed by atoms with E-state index in [0.29, 0.717) is 11.4 Å². The van der Waals surface area contributed by atoms with E-state index in [2.05, 4.69) is 15.0 Å². The molecule has 0 saturated carbocycles. The van der Waals surface area contributed by atoms with Crippen LogP contribution in [0, 0.1) is 0 Å². The Bertz CT molecular complexity index is 352. The largest absolute Gasteiger partial charge is 0.479 e. The lowest BCUT2D eigenvalue weighted by atomic mass is 10.1. The fourth-order valence-electron chi connectivity index (χ4n) is 1.08. The summed E-state index contributed by atoms with van der Waals surface area (Å²) in [5.41, 5.74) is 1.02. The first-order valence-corrected chi connectivity index (χ1v) is 3.36. The number of nitrogens with zero attached hydrogens (tertiary/aromatic N) is 3. The molecule has 0 bridgehead atoms. The molecule has 1 N–H and O–H groups in total. The van der Waals surface area contributed by atoms with E-state index >= 15 is 0 Å². The Morgan fingerprint density at radius 3 is 3.17 bits per heavy atom. The summed E-state index contributed by atoms with van der Waals surface area (Å²) in [5, 5.41) is 8.71. The topological polar surface area (TPSA) is 74.4 Å². The van der Waals surface area contributed by atoms with E-state index in [1.54, 1.807) is 6.08 Å². The number of dihydropyridines is 1. The molecule has 2 aliphatic rings. The minimum atomic E-state index is -0.999. The first-order valence-electron chi connectivity index (χ1n) is 3.36. The Kier molecular flexibility index (Phi) is 1.36. The number of fused-ring (bicyclic) bond motifs is 1. The normalized spacial score (nSPS) is 24.8. The molecule has 5 nitrogen and oxygen atoms in total. The SMILES string of the molecule is O=C(O)[C@H]1N=CC=C2N=CN=C21. The van der Waals surface area contributed by atoms with Crippen LogP contribution in [-0.4, -0.2) is 35.4 Å². The Labute approximate surface area is 67.9 Å². The van der Waals surface area contributed by atoms with Gasteiger partial charge in [-0.2, -0.15) is 0 Å². The average molecular weight is 163 g/mol. The number of aliphatic carboxylic acids is 1. The fraction of sp³-hybridized carbons (Fsp3) is 0.143. The summed E-state index contributed by atoms with van der Waals surface area (Å²) in [6.07, 6.45) is 4.42. The van der Waals surface area contributed by atoms with Gasteiger partial charge in [-0.1, -0.05) is 0 Å². The second kappa shape index (κ2) is 2.37. The molecule has 2 heterocycles. The van der Waals surface area contributed by atoms with Crippen LogP contribution in [0.1, 0.15) is 0 Å². The van der Waals surface area contributed by atoms with Gasteiger partial charge in [0, 0.05) is 6.21 Å². The predicted molar refractivity (Wildman–Crippen MR) is 43.9 cm³/mol. The standard InChI is InChI=1S/C7H5N3O2/c11-7(12)6-5-4(1-2-8-6)9-3-10-5/h1-3,6H,(H,11,12)/t6-/m0/s1. The lowest BCUT2D eigenvalue weighted by molar-refractivity contribution is -0.136. The van der Waals surface area contributed by atoms with Crippen molar-refractivity contribution in [3.05, 3.63) is 11.8 Å². The molecule has 0 aromatic rings. The van der Waals surface area contributed by atoms with Gasteiger partial charge < -0.3 is 5.11 Å². The summed E-state index contributed by atoms with van der Waals surface area (Å²) in [6, 6.07) is -0.882. The van der Waals surface area contributed by atoms with Crippen molar-refractivity contribution in [1.82, 2.24) is 0 Å². The number of carboxylic acid groups (broad SMARTS) is 1. The third-order valence-electron chi connectivity index (χ3n) is 1.62. The van der Waals surface area contributed by atoms with Crippen LogP contribution in [0.5, 0.6) is 0 Å². The predicted octanol–water partition coefficient (Wildman–Crippen LogP) is -0.109. The quantitative estimate of drug-likeness (QED) is 0.585. The molecule has 12 heavy (non-hydrogen) atoms. The molecule has 5 heteroatoms. The molecule has 0 fully saturated rings. The van der Waals surface area contributed by atoms with E-state index in [0.717, 1.165) is 0 Å². The Morgan fingerprint density at radius 2 is 2.42 bits per heavy atom. The maximum absolute atomic E-state index is 10.6. The summed E-state index contributed by atoms with van der Waals surface area (Å²) >= 11 is 0. The molecular weight excluding hydrogens is 158 g/mol. The summed E-state index contributed by atoms with van der Waals surface area (Å²) < 4.78 is 0. The second-order valence-corrected chi connectivity index (χ2v) is 2.35. The zero-order chi connectivity index (χ0) is 8.55. The van der Waals surface area contributed by atoms with Gasteiger partial charge in [0.1, 0.15) is 12.1 Å². The van der Waals surface area contributed by atoms with Gasteiger partial charge in [-0.15, -0.1) is 0 Å². The second-order valence-electron chi connectivity index (χ2n) is 2.35. The van der Waals surface area contributed by atoms with Gasteiger partial charge in [0.05, 0.1) is 5.70 Å². The molecule has 0 aromatic carbocycles. The molecule has 0 radical (unpaired) electrons. The van der Waals surface area contributed by atoms with Crippen molar-refractivity contribution in [1.29, 1.82) is 0 Å². The molecule has 0 saturated heterocycles. The van der Waals surface area contributed by atoms with Crippen LogP contribution in [0.25, 0.3) is 0 Å². The van der Waals surface area contributed by atoms with Gasteiger partial charge in [-0.25, -0.2) is 14.8 Å². The highest BCUT2D eigenvalue weighted by Gasteiger charge is 2.28. The van der Waals surface area contributed by atoms with Gasteiger partial charge >= 0.3 is 5.97 Å². The maximum Gasteiger partial charge on any atom is 0.334 e. The summed E-state index contributed by atoms with van der Waals surface area (Å²) in [6.45, 7) is 0. The molecule has 0 aromatic heterocycles. The van der Waals surface area contributed by atoms with Crippen molar-refractivity contribution in [2.75, 3.05) is 0 Å². The van der Waals surface area contributed by atoms with Crippen LogP contribution >= 0.6 is 0 Å².